The molecule has 1 fully saturated rings. The first-order valence-corrected chi connectivity index (χ1v) is 11.3. The Hall–Kier alpha value is -3.42. The van der Waals surface area contributed by atoms with Gasteiger partial charge in [0.25, 0.3) is 5.91 Å². The van der Waals surface area contributed by atoms with Gasteiger partial charge in [-0.3, -0.25) is 4.79 Å². The second-order valence-corrected chi connectivity index (χ2v) is 7.58. The third kappa shape index (κ3) is 6.54. The van der Waals surface area contributed by atoms with Crippen molar-refractivity contribution in [1.29, 1.82) is 0 Å². The summed E-state index contributed by atoms with van der Waals surface area (Å²) in [5.74, 6) is 1.11. The summed E-state index contributed by atoms with van der Waals surface area (Å²) < 4.78 is 21.7. The second kappa shape index (κ2) is 12.0. The smallest absolute Gasteiger partial charge is 0.338 e. The van der Waals surface area contributed by atoms with Gasteiger partial charge in [-0.1, -0.05) is 6.92 Å². The van der Waals surface area contributed by atoms with Crippen LogP contribution in [0.5, 0.6) is 17.2 Å². The van der Waals surface area contributed by atoms with Crippen molar-refractivity contribution < 1.29 is 28.5 Å². The molecule has 178 valence electrons. The highest BCUT2D eigenvalue weighted by molar-refractivity contribution is 5.92. The van der Waals surface area contributed by atoms with Crippen molar-refractivity contribution in [3.63, 3.8) is 0 Å². The number of carbonyl (C=O) groups is 2. The molecule has 3 rings (SSSR count). The minimum Gasteiger partial charge on any atom is -0.497 e. The average molecular weight is 457 g/mol. The van der Waals surface area contributed by atoms with Crippen molar-refractivity contribution in [3.8, 4) is 17.2 Å². The summed E-state index contributed by atoms with van der Waals surface area (Å²) in [7, 11) is 1.64. The van der Waals surface area contributed by atoms with Gasteiger partial charge in [0.05, 0.1) is 25.9 Å². The molecule has 2 aromatic rings. The van der Waals surface area contributed by atoms with Gasteiger partial charge in [-0.2, -0.15) is 0 Å². The molecule has 1 aliphatic rings. The fraction of sp³-hybridized carbons (Fsp3) is 0.440. The van der Waals surface area contributed by atoms with Crippen LogP contribution >= 0.6 is 0 Å². The molecule has 0 spiro atoms. The number of hydrogen-bond donors (Lipinski definition) is 0. The normalized spacial score (nSPS) is 13.4. The highest BCUT2D eigenvalue weighted by Crippen LogP contribution is 2.29. The van der Waals surface area contributed by atoms with Crippen molar-refractivity contribution in [2.45, 2.75) is 20.3 Å². The number of esters is 1. The molecule has 2 aromatic carbocycles. The largest absolute Gasteiger partial charge is 0.497 e. The van der Waals surface area contributed by atoms with Gasteiger partial charge in [-0.25, -0.2) is 4.79 Å². The van der Waals surface area contributed by atoms with Crippen LogP contribution in [0.4, 0.5) is 5.69 Å². The predicted molar refractivity (Wildman–Crippen MR) is 125 cm³/mol. The quantitative estimate of drug-likeness (QED) is 0.507. The van der Waals surface area contributed by atoms with E-state index in [-0.39, 0.29) is 12.5 Å². The first kappa shape index (κ1) is 24.2. The Balaban J connectivity index is 1.50. The van der Waals surface area contributed by atoms with Crippen LogP contribution in [0, 0.1) is 0 Å². The van der Waals surface area contributed by atoms with E-state index >= 15 is 0 Å². The molecule has 0 atom stereocenters. The number of methoxy groups -OCH3 is 1. The van der Waals surface area contributed by atoms with E-state index < -0.39 is 5.97 Å². The zero-order valence-electron chi connectivity index (χ0n) is 19.5. The van der Waals surface area contributed by atoms with Crippen LogP contribution in [0.15, 0.2) is 42.5 Å². The predicted octanol–water partition coefficient (Wildman–Crippen LogP) is 3.39. The van der Waals surface area contributed by atoms with E-state index in [0.29, 0.717) is 56.5 Å². The molecule has 33 heavy (non-hydrogen) atoms. The van der Waals surface area contributed by atoms with E-state index in [2.05, 4.69) is 4.90 Å². The molecular weight excluding hydrogens is 424 g/mol. The zero-order valence-corrected chi connectivity index (χ0v) is 19.5. The maximum atomic E-state index is 12.6. The summed E-state index contributed by atoms with van der Waals surface area (Å²) in [6, 6.07) is 12.8. The average Bonchev–Trinajstić information content (AvgIpc) is 2.86. The number of hydrogen-bond acceptors (Lipinski definition) is 7. The molecule has 1 heterocycles. The van der Waals surface area contributed by atoms with Crippen molar-refractivity contribution in [2.24, 2.45) is 0 Å². The topological polar surface area (TPSA) is 77.5 Å². The molecule has 0 aliphatic carbocycles. The standard InChI is InChI=1S/C25H32N2O6/c1-4-16-32-22-11-6-19(17-23(22)31-5-2)25(29)33-18-24(28)27-14-12-26(13-15-27)20-7-9-21(30-3)10-8-20/h6-11,17H,4-5,12-16,18H2,1-3H3. The summed E-state index contributed by atoms with van der Waals surface area (Å²) in [6.45, 7) is 7.15. The summed E-state index contributed by atoms with van der Waals surface area (Å²) in [4.78, 5) is 29.0. The van der Waals surface area contributed by atoms with Crippen molar-refractivity contribution >= 4 is 17.6 Å². The first-order valence-electron chi connectivity index (χ1n) is 11.3. The Kier molecular flexibility index (Phi) is 8.80. The van der Waals surface area contributed by atoms with Crippen LogP contribution in [-0.4, -0.2) is 69.9 Å². The van der Waals surface area contributed by atoms with Crippen LogP contribution in [0.1, 0.15) is 30.6 Å². The van der Waals surface area contributed by atoms with Gasteiger partial charge >= 0.3 is 5.97 Å². The molecule has 1 saturated heterocycles. The van der Waals surface area contributed by atoms with E-state index in [4.69, 9.17) is 18.9 Å². The number of carbonyl (C=O) groups excluding carboxylic acids is 2. The van der Waals surface area contributed by atoms with Crippen LogP contribution in [0.2, 0.25) is 0 Å². The summed E-state index contributed by atoms with van der Waals surface area (Å²) >= 11 is 0. The van der Waals surface area contributed by atoms with E-state index in [1.54, 1.807) is 30.2 Å². The molecule has 8 heteroatoms. The highest BCUT2D eigenvalue weighted by Gasteiger charge is 2.23. The van der Waals surface area contributed by atoms with E-state index in [0.717, 1.165) is 17.9 Å². The first-order chi connectivity index (χ1) is 16.0. The Morgan fingerprint density at radius 1 is 0.909 bits per heavy atom. The van der Waals surface area contributed by atoms with E-state index in [9.17, 15) is 9.59 Å². The molecule has 0 radical (unpaired) electrons. The van der Waals surface area contributed by atoms with Crippen LogP contribution < -0.4 is 19.1 Å². The molecule has 0 saturated carbocycles. The number of amides is 1. The molecule has 0 N–H and O–H groups in total. The lowest BCUT2D eigenvalue weighted by Crippen LogP contribution is -2.49. The molecule has 1 amide bonds. The Morgan fingerprint density at radius 2 is 1.64 bits per heavy atom. The Morgan fingerprint density at radius 3 is 2.27 bits per heavy atom. The van der Waals surface area contributed by atoms with Gasteiger partial charge in [0, 0.05) is 31.9 Å². The maximum Gasteiger partial charge on any atom is 0.338 e. The summed E-state index contributed by atoms with van der Waals surface area (Å²) in [6.07, 6.45) is 0.867. The summed E-state index contributed by atoms with van der Waals surface area (Å²) in [5, 5.41) is 0. The fourth-order valence-corrected chi connectivity index (χ4v) is 3.54. The lowest BCUT2D eigenvalue weighted by molar-refractivity contribution is -0.134. The highest BCUT2D eigenvalue weighted by atomic mass is 16.5. The lowest BCUT2D eigenvalue weighted by Gasteiger charge is -2.36. The number of rotatable bonds is 10. The van der Waals surface area contributed by atoms with Crippen LogP contribution in [-0.2, 0) is 9.53 Å². The van der Waals surface area contributed by atoms with Crippen LogP contribution in [0.3, 0.4) is 0 Å². The van der Waals surface area contributed by atoms with Crippen molar-refractivity contribution in [3.05, 3.63) is 48.0 Å². The van der Waals surface area contributed by atoms with E-state index in [1.807, 2.05) is 38.1 Å². The fourth-order valence-electron chi connectivity index (χ4n) is 3.54. The van der Waals surface area contributed by atoms with Crippen molar-refractivity contribution in [2.75, 3.05) is 58.0 Å². The second-order valence-electron chi connectivity index (χ2n) is 7.58. The van der Waals surface area contributed by atoms with Gasteiger partial charge < -0.3 is 28.7 Å². The molecule has 0 aromatic heterocycles. The number of anilines is 1. The zero-order chi connectivity index (χ0) is 23.6. The van der Waals surface area contributed by atoms with Gasteiger partial charge in [0.2, 0.25) is 0 Å². The molecule has 0 bridgehead atoms. The number of nitrogens with zero attached hydrogens (tertiary/aromatic N) is 2. The molecule has 0 unspecified atom stereocenters. The Labute approximate surface area is 195 Å². The van der Waals surface area contributed by atoms with Crippen LogP contribution in [0.25, 0.3) is 0 Å². The monoisotopic (exact) mass is 456 g/mol. The lowest BCUT2D eigenvalue weighted by atomic mass is 10.2. The number of benzene rings is 2. The SMILES string of the molecule is CCCOc1ccc(C(=O)OCC(=O)N2CCN(c3ccc(OC)cc3)CC2)cc1OCC. The van der Waals surface area contributed by atoms with E-state index in [1.165, 1.54) is 0 Å². The molecular formula is C25H32N2O6. The minimum absolute atomic E-state index is 0.203. The third-order valence-electron chi connectivity index (χ3n) is 5.34. The third-order valence-corrected chi connectivity index (χ3v) is 5.34. The van der Waals surface area contributed by atoms with Gasteiger partial charge in [-0.15, -0.1) is 0 Å². The van der Waals surface area contributed by atoms with Crippen molar-refractivity contribution in [1.82, 2.24) is 4.90 Å². The van der Waals surface area contributed by atoms with Gasteiger partial charge in [0.15, 0.2) is 18.1 Å². The van der Waals surface area contributed by atoms with Gasteiger partial charge in [-0.05, 0) is 55.8 Å². The van der Waals surface area contributed by atoms with Gasteiger partial charge in [0.1, 0.15) is 5.75 Å². The minimum atomic E-state index is -0.566. The molecule has 1 aliphatic heterocycles. The molecule has 8 nitrogen and oxygen atoms in total. The number of piperazine rings is 1. The summed E-state index contributed by atoms with van der Waals surface area (Å²) in [5.41, 5.74) is 1.41. The Bertz CT molecular complexity index is 923. The maximum absolute atomic E-state index is 12.6. The number of ether oxygens (including phenoxy) is 4.